The first kappa shape index (κ1) is 20.0. The van der Waals surface area contributed by atoms with Gasteiger partial charge in [0.15, 0.2) is 0 Å². The van der Waals surface area contributed by atoms with Crippen LogP contribution in [0, 0.1) is 6.92 Å². The number of hydrogen-bond donors (Lipinski definition) is 2. The van der Waals surface area contributed by atoms with Crippen LogP contribution >= 0.6 is 0 Å². The molecule has 0 aliphatic carbocycles. The van der Waals surface area contributed by atoms with Crippen molar-refractivity contribution in [3.63, 3.8) is 0 Å². The van der Waals surface area contributed by atoms with E-state index in [0.29, 0.717) is 43.7 Å². The van der Waals surface area contributed by atoms with Crippen molar-refractivity contribution >= 4 is 22.8 Å². The Kier molecular flexibility index (Phi) is 5.27. The van der Waals surface area contributed by atoms with Crippen LogP contribution in [-0.2, 0) is 18.4 Å². The fraction of sp³-hybridized carbons (Fsp3) is 0.400. The van der Waals surface area contributed by atoms with Crippen molar-refractivity contribution in [1.82, 2.24) is 24.7 Å². The van der Waals surface area contributed by atoms with E-state index in [9.17, 15) is 19.8 Å². The molecule has 1 aromatic carbocycles. The van der Waals surface area contributed by atoms with Gasteiger partial charge in [0.25, 0.3) is 0 Å². The predicted octanol–water partition coefficient (Wildman–Crippen LogP) is 1.51. The fourth-order valence-corrected chi connectivity index (χ4v) is 4.04. The number of hydrogen-bond acceptors (Lipinski definition) is 7. The van der Waals surface area contributed by atoms with Crippen molar-refractivity contribution < 1.29 is 24.4 Å². The molecule has 1 aliphatic heterocycles. The van der Waals surface area contributed by atoms with Crippen molar-refractivity contribution in [2.75, 3.05) is 26.2 Å². The third-order valence-corrected chi connectivity index (χ3v) is 5.69. The monoisotopic (exact) mass is 413 g/mol. The molecule has 0 amide bonds. The predicted molar refractivity (Wildman–Crippen MR) is 106 cm³/mol. The van der Waals surface area contributed by atoms with Crippen molar-refractivity contribution in [1.29, 1.82) is 0 Å². The van der Waals surface area contributed by atoms with E-state index in [1.165, 1.54) is 6.07 Å². The van der Waals surface area contributed by atoms with Crippen LogP contribution in [0.3, 0.4) is 0 Å². The summed E-state index contributed by atoms with van der Waals surface area (Å²) in [5.41, 5.74) is 3.09. The molecule has 4 rings (SSSR count). The molecule has 3 aromatic rings. The van der Waals surface area contributed by atoms with Gasteiger partial charge in [-0.25, -0.2) is 9.42 Å². The lowest BCUT2D eigenvalue weighted by atomic mass is 10.0. The van der Waals surface area contributed by atoms with Crippen molar-refractivity contribution in [2.24, 2.45) is 7.05 Å². The van der Waals surface area contributed by atoms with Crippen LogP contribution in [0.2, 0.25) is 0 Å². The van der Waals surface area contributed by atoms with Crippen LogP contribution in [0.4, 0.5) is 0 Å². The lowest BCUT2D eigenvalue weighted by Crippen LogP contribution is -2.48. The maximum Gasteiger partial charge on any atom is 0.335 e. The molecule has 0 bridgehead atoms. The molecule has 0 radical (unpaired) electrons. The highest BCUT2D eigenvalue weighted by atomic mass is 16.6. The molecule has 2 aromatic heterocycles. The van der Waals surface area contributed by atoms with Crippen LogP contribution in [0.5, 0.6) is 0 Å². The second kappa shape index (κ2) is 7.88. The average Bonchev–Trinajstić information content (AvgIpc) is 3.26. The van der Waals surface area contributed by atoms with Crippen LogP contribution < -0.4 is 0 Å². The maximum atomic E-state index is 12.2. The Morgan fingerprint density at radius 3 is 2.50 bits per heavy atom. The number of aromatic nitrogens is 3. The highest BCUT2D eigenvalue weighted by Gasteiger charge is 2.33. The summed E-state index contributed by atoms with van der Waals surface area (Å²) >= 11 is 0. The molecule has 3 heterocycles. The molecule has 2 N–H and O–H groups in total. The van der Waals surface area contributed by atoms with Crippen LogP contribution in [0.15, 0.2) is 29.0 Å². The zero-order valence-corrected chi connectivity index (χ0v) is 16.8. The third-order valence-electron chi connectivity index (χ3n) is 5.69. The number of carbonyl (C=O) groups is 2. The van der Waals surface area contributed by atoms with Crippen molar-refractivity contribution in [3.05, 3.63) is 46.9 Å². The molecule has 1 atom stereocenters. The van der Waals surface area contributed by atoms with Crippen LogP contribution in [-0.4, -0.2) is 73.0 Å². The molecule has 158 valence electrons. The Bertz CT molecular complexity index is 1100. The highest BCUT2D eigenvalue weighted by Crippen LogP contribution is 2.31. The normalized spacial score (nSPS) is 16.7. The number of aryl methyl sites for hydroxylation is 2. The standard InChI is InChI=1S/C20H23N5O5/c1-12-16(22-30-21-12)11-24-5-7-25(8-6-24)18(20(28)29)15-10-23(2)17-4-3-13(19(26)27)9-14(15)17/h3-4,9-10,18H,5-8,11H2,1-2H3,(H,26,27)(H,28,29)/t18-/m1/s1. The summed E-state index contributed by atoms with van der Waals surface area (Å²) in [5.74, 6) is -1.99. The van der Waals surface area contributed by atoms with Gasteiger partial charge in [-0.2, -0.15) is 0 Å². The van der Waals surface area contributed by atoms with E-state index in [0.717, 1.165) is 16.9 Å². The van der Waals surface area contributed by atoms with Gasteiger partial charge in [0, 0.05) is 62.4 Å². The first-order valence-corrected chi connectivity index (χ1v) is 9.64. The molecule has 10 heteroatoms. The Morgan fingerprint density at radius 1 is 1.17 bits per heavy atom. The van der Waals surface area contributed by atoms with Crippen LogP contribution in [0.25, 0.3) is 10.9 Å². The summed E-state index contributed by atoms with van der Waals surface area (Å²) in [7, 11) is 1.83. The van der Waals surface area contributed by atoms with Crippen molar-refractivity contribution in [3.8, 4) is 0 Å². The number of aliphatic carboxylic acids is 1. The molecular weight excluding hydrogens is 390 g/mol. The molecule has 0 spiro atoms. The smallest absolute Gasteiger partial charge is 0.335 e. The Labute approximate surface area is 172 Å². The van der Waals surface area contributed by atoms with E-state index >= 15 is 0 Å². The molecule has 1 aliphatic rings. The summed E-state index contributed by atoms with van der Waals surface area (Å²) in [6.45, 7) is 4.95. The minimum atomic E-state index is -1.04. The van der Waals surface area contributed by atoms with Gasteiger partial charge in [0.05, 0.1) is 5.56 Å². The molecular formula is C20H23N5O5. The van der Waals surface area contributed by atoms with E-state index < -0.39 is 18.0 Å². The van der Waals surface area contributed by atoms with E-state index in [4.69, 9.17) is 4.63 Å². The summed E-state index contributed by atoms with van der Waals surface area (Å²) < 4.78 is 6.58. The van der Waals surface area contributed by atoms with Gasteiger partial charge in [-0.1, -0.05) is 10.3 Å². The fourth-order valence-electron chi connectivity index (χ4n) is 4.04. The number of fused-ring (bicyclic) bond motifs is 1. The van der Waals surface area contributed by atoms with Gasteiger partial charge >= 0.3 is 11.9 Å². The number of carboxylic acids is 2. The molecule has 30 heavy (non-hydrogen) atoms. The number of rotatable bonds is 6. The zero-order chi connectivity index (χ0) is 21.4. The van der Waals surface area contributed by atoms with Gasteiger partial charge in [-0.15, -0.1) is 0 Å². The summed E-state index contributed by atoms with van der Waals surface area (Å²) in [4.78, 5) is 27.8. The van der Waals surface area contributed by atoms with Crippen molar-refractivity contribution in [2.45, 2.75) is 19.5 Å². The van der Waals surface area contributed by atoms with E-state index in [2.05, 4.69) is 15.2 Å². The second-order valence-electron chi connectivity index (χ2n) is 7.58. The minimum Gasteiger partial charge on any atom is -0.480 e. The average molecular weight is 413 g/mol. The SMILES string of the molecule is Cc1nonc1CN1CCN([C@@H](C(=O)O)c2cn(C)c3ccc(C(=O)O)cc23)CC1. The first-order chi connectivity index (χ1) is 14.3. The second-order valence-corrected chi connectivity index (χ2v) is 7.58. The largest absolute Gasteiger partial charge is 0.480 e. The lowest BCUT2D eigenvalue weighted by Gasteiger charge is -2.37. The number of carboxylic acid groups (broad SMARTS) is 2. The Balaban J connectivity index is 1.58. The molecule has 1 saturated heterocycles. The lowest BCUT2D eigenvalue weighted by molar-refractivity contribution is -0.144. The number of nitrogens with zero attached hydrogens (tertiary/aromatic N) is 5. The Morgan fingerprint density at radius 2 is 1.90 bits per heavy atom. The number of aromatic carboxylic acids is 1. The summed E-state index contributed by atoms with van der Waals surface area (Å²) in [5, 5.41) is 27.7. The van der Waals surface area contributed by atoms with Gasteiger partial charge in [0.1, 0.15) is 17.4 Å². The quantitative estimate of drug-likeness (QED) is 0.618. The molecule has 1 fully saturated rings. The third kappa shape index (κ3) is 3.66. The molecule has 10 nitrogen and oxygen atoms in total. The molecule has 0 saturated carbocycles. The summed E-state index contributed by atoms with van der Waals surface area (Å²) in [6, 6.07) is 3.95. The minimum absolute atomic E-state index is 0.139. The van der Waals surface area contributed by atoms with E-state index in [1.807, 2.05) is 23.4 Å². The zero-order valence-electron chi connectivity index (χ0n) is 16.8. The van der Waals surface area contributed by atoms with E-state index in [-0.39, 0.29) is 5.56 Å². The Hall–Kier alpha value is -3.24. The van der Waals surface area contributed by atoms with Gasteiger partial charge in [-0.05, 0) is 25.1 Å². The topological polar surface area (TPSA) is 125 Å². The highest BCUT2D eigenvalue weighted by molar-refractivity contribution is 5.96. The maximum absolute atomic E-state index is 12.2. The summed E-state index contributed by atoms with van der Waals surface area (Å²) in [6.07, 6.45) is 1.78. The van der Waals surface area contributed by atoms with Gasteiger partial charge < -0.3 is 14.8 Å². The van der Waals surface area contributed by atoms with E-state index in [1.54, 1.807) is 18.3 Å². The number of piperazine rings is 1. The van der Waals surface area contributed by atoms with Crippen LogP contribution in [0.1, 0.15) is 33.4 Å². The van der Waals surface area contributed by atoms with Gasteiger partial charge in [-0.3, -0.25) is 14.6 Å². The van der Waals surface area contributed by atoms with Gasteiger partial charge in [0.2, 0.25) is 0 Å². The number of benzene rings is 1. The molecule has 0 unspecified atom stereocenters. The first-order valence-electron chi connectivity index (χ1n) is 9.64.